The van der Waals surface area contributed by atoms with Crippen molar-refractivity contribution in [2.75, 3.05) is 6.61 Å². The molecule has 1 N–H and O–H groups in total. The molecule has 0 aliphatic carbocycles. The van der Waals surface area contributed by atoms with Crippen molar-refractivity contribution in [3.63, 3.8) is 0 Å². The third kappa shape index (κ3) is 2.48. The average molecular weight is 285 g/mol. The molecule has 2 aromatic heterocycles. The van der Waals surface area contributed by atoms with Crippen molar-refractivity contribution in [3.8, 4) is 0 Å². The second-order valence-corrected chi connectivity index (χ2v) is 5.32. The van der Waals surface area contributed by atoms with Gasteiger partial charge in [0.2, 0.25) is 5.78 Å². The first-order valence-electron chi connectivity index (χ1n) is 6.06. The number of ether oxygens (including phenoxy) is 1. The van der Waals surface area contributed by atoms with Crippen molar-refractivity contribution in [1.29, 1.82) is 0 Å². The number of fused-ring (bicyclic) bond motifs is 1. The Labute approximate surface area is 119 Å². The summed E-state index contributed by atoms with van der Waals surface area (Å²) in [5.74, 6) is -0.712. The second kappa shape index (κ2) is 5.30. The Kier molecular flexibility index (Phi) is 3.35. The summed E-state index contributed by atoms with van der Waals surface area (Å²) in [4.78, 5) is 26.9. The molecule has 0 radical (unpaired) electrons. The number of rotatable bonds is 4. The molecule has 0 spiro atoms. The van der Waals surface area contributed by atoms with E-state index in [1.54, 1.807) is 24.4 Å². The molecule has 5 heteroatoms. The van der Waals surface area contributed by atoms with Crippen molar-refractivity contribution in [3.05, 3.63) is 59.2 Å². The van der Waals surface area contributed by atoms with Crippen LogP contribution in [-0.2, 0) is 4.74 Å². The molecule has 0 atom stereocenters. The lowest BCUT2D eigenvalue weighted by Gasteiger charge is -2.00. The van der Waals surface area contributed by atoms with Gasteiger partial charge in [0.25, 0.3) is 0 Å². The molecule has 0 saturated carbocycles. The minimum Gasteiger partial charge on any atom is -0.453 e. The van der Waals surface area contributed by atoms with E-state index < -0.39 is 5.97 Å². The van der Waals surface area contributed by atoms with Crippen molar-refractivity contribution in [2.45, 2.75) is 0 Å². The predicted octanol–water partition coefficient (Wildman–Crippen LogP) is 3.27. The number of carbonyl (C=O) groups excluding carboxylic acids is 2. The molecule has 3 rings (SSSR count). The minimum atomic E-state index is -0.467. The van der Waals surface area contributed by atoms with Gasteiger partial charge in [0.1, 0.15) is 4.88 Å². The van der Waals surface area contributed by atoms with Gasteiger partial charge < -0.3 is 9.72 Å². The smallest absolute Gasteiger partial charge is 0.348 e. The highest BCUT2D eigenvalue weighted by atomic mass is 32.1. The van der Waals surface area contributed by atoms with Gasteiger partial charge in [-0.25, -0.2) is 4.79 Å². The van der Waals surface area contributed by atoms with Crippen LogP contribution in [0.3, 0.4) is 0 Å². The van der Waals surface area contributed by atoms with Crippen LogP contribution in [0.15, 0.2) is 48.7 Å². The maximum absolute atomic E-state index is 11.9. The maximum atomic E-state index is 11.9. The third-order valence-corrected chi connectivity index (χ3v) is 3.96. The summed E-state index contributed by atoms with van der Waals surface area (Å²) in [5.41, 5.74) is 0.439. The summed E-state index contributed by atoms with van der Waals surface area (Å²) in [5, 5.41) is 1.00. The Morgan fingerprint density at radius 1 is 1.15 bits per heavy atom. The Morgan fingerprint density at radius 3 is 2.75 bits per heavy atom. The number of aromatic amines is 1. The summed E-state index contributed by atoms with van der Waals surface area (Å²) in [6, 6.07) is 12.9. The van der Waals surface area contributed by atoms with Gasteiger partial charge in [-0.3, -0.25) is 4.79 Å². The molecule has 0 aliphatic rings. The zero-order chi connectivity index (χ0) is 13.9. The molecule has 0 amide bonds. The molecular weight excluding hydrogens is 274 g/mol. The van der Waals surface area contributed by atoms with Crippen LogP contribution < -0.4 is 0 Å². The Bertz CT molecular complexity index is 725. The fraction of sp³-hybridized carbons (Fsp3) is 0.0667. The average Bonchev–Trinajstić information content (AvgIpc) is 3.12. The molecule has 0 unspecified atom stereocenters. The van der Waals surface area contributed by atoms with Crippen LogP contribution >= 0.6 is 11.3 Å². The van der Waals surface area contributed by atoms with Crippen LogP contribution in [0.1, 0.15) is 20.2 Å². The van der Waals surface area contributed by atoms with Crippen LogP contribution in [0.25, 0.3) is 10.1 Å². The Balaban J connectivity index is 1.68. The number of esters is 1. The second-order valence-electron chi connectivity index (χ2n) is 4.23. The molecule has 1 aromatic carbocycles. The highest BCUT2D eigenvalue weighted by molar-refractivity contribution is 7.20. The highest BCUT2D eigenvalue weighted by Crippen LogP contribution is 2.25. The van der Waals surface area contributed by atoms with Crippen LogP contribution in [0.5, 0.6) is 0 Å². The van der Waals surface area contributed by atoms with E-state index in [1.807, 2.05) is 24.3 Å². The van der Waals surface area contributed by atoms with Gasteiger partial charge in [-0.05, 0) is 29.7 Å². The third-order valence-electron chi connectivity index (χ3n) is 2.86. The summed E-state index contributed by atoms with van der Waals surface area (Å²) < 4.78 is 6.07. The maximum Gasteiger partial charge on any atom is 0.348 e. The summed E-state index contributed by atoms with van der Waals surface area (Å²) in [7, 11) is 0. The van der Waals surface area contributed by atoms with Gasteiger partial charge in [0.05, 0.1) is 5.69 Å². The molecule has 3 aromatic rings. The molecule has 2 heterocycles. The van der Waals surface area contributed by atoms with E-state index in [-0.39, 0.29) is 12.4 Å². The Morgan fingerprint density at radius 2 is 2.00 bits per heavy atom. The number of benzene rings is 1. The lowest BCUT2D eigenvalue weighted by atomic mass is 10.2. The van der Waals surface area contributed by atoms with Gasteiger partial charge in [-0.1, -0.05) is 18.2 Å². The largest absolute Gasteiger partial charge is 0.453 e. The Hall–Kier alpha value is -2.40. The molecule has 0 aliphatic heterocycles. The van der Waals surface area contributed by atoms with Gasteiger partial charge in [0, 0.05) is 10.9 Å². The van der Waals surface area contributed by atoms with Crippen LogP contribution in [0.4, 0.5) is 0 Å². The number of nitrogens with one attached hydrogen (secondary N) is 1. The fourth-order valence-electron chi connectivity index (χ4n) is 1.87. The van der Waals surface area contributed by atoms with Crippen molar-refractivity contribution >= 4 is 33.2 Å². The molecule has 4 nitrogen and oxygen atoms in total. The number of carbonyl (C=O) groups is 2. The lowest BCUT2D eigenvalue weighted by molar-refractivity contribution is 0.0478. The first-order chi connectivity index (χ1) is 9.74. The highest BCUT2D eigenvalue weighted by Gasteiger charge is 2.14. The van der Waals surface area contributed by atoms with E-state index in [0.717, 1.165) is 10.1 Å². The van der Waals surface area contributed by atoms with Crippen LogP contribution in [0, 0.1) is 0 Å². The van der Waals surface area contributed by atoms with Crippen LogP contribution in [-0.4, -0.2) is 23.3 Å². The molecule has 20 heavy (non-hydrogen) atoms. The number of hydrogen-bond acceptors (Lipinski definition) is 4. The normalized spacial score (nSPS) is 10.6. The van der Waals surface area contributed by atoms with E-state index in [1.165, 1.54) is 11.3 Å². The van der Waals surface area contributed by atoms with Crippen LogP contribution in [0.2, 0.25) is 0 Å². The van der Waals surface area contributed by atoms with Gasteiger partial charge >= 0.3 is 5.97 Å². The minimum absolute atomic E-state index is 0.246. The van der Waals surface area contributed by atoms with Crippen molar-refractivity contribution < 1.29 is 14.3 Å². The lowest BCUT2D eigenvalue weighted by Crippen LogP contribution is -2.13. The van der Waals surface area contributed by atoms with E-state index in [0.29, 0.717) is 10.6 Å². The fourth-order valence-corrected chi connectivity index (χ4v) is 2.82. The zero-order valence-electron chi connectivity index (χ0n) is 10.5. The molecule has 100 valence electrons. The number of Topliss-reactive ketones (excluding diaryl/α,β-unsaturated/α-hetero) is 1. The monoisotopic (exact) mass is 285 g/mol. The molecule has 0 fully saturated rings. The van der Waals surface area contributed by atoms with E-state index in [2.05, 4.69) is 4.98 Å². The summed E-state index contributed by atoms with van der Waals surface area (Å²) in [6.07, 6.45) is 1.65. The van der Waals surface area contributed by atoms with Gasteiger partial charge in [-0.15, -0.1) is 11.3 Å². The number of hydrogen-bond donors (Lipinski definition) is 1. The van der Waals surface area contributed by atoms with Gasteiger partial charge in [0.15, 0.2) is 6.61 Å². The van der Waals surface area contributed by atoms with E-state index in [4.69, 9.17) is 4.74 Å². The number of thiophene rings is 1. The number of ketones is 1. The predicted molar refractivity (Wildman–Crippen MR) is 77.2 cm³/mol. The topological polar surface area (TPSA) is 59.2 Å². The molecule has 0 bridgehead atoms. The SMILES string of the molecule is O=C(COC(=O)c1cc2ccccc2s1)c1ccc[nH]1. The molecule has 0 saturated heterocycles. The number of aromatic nitrogens is 1. The zero-order valence-corrected chi connectivity index (χ0v) is 11.3. The number of H-pyrrole nitrogens is 1. The van der Waals surface area contributed by atoms with Crippen molar-refractivity contribution in [1.82, 2.24) is 4.98 Å². The van der Waals surface area contributed by atoms with E-state index in [9.17, 15) is 9.59 Å². The quantitative estimate of drug-likeness (QED) is 0.591. The standard InChI is InChI=1S/C15H11NO3S/c17-12(11-5-3-7-16-11)9-19-15(18)14-8-10-4-1-2-6-13(10)20-14/h1-8,16H,9H2. The summed E-state index contributed by atoms with van der Waals surface area (Å²) >= 11 is 1.36. The first-order valence-corrected chi connectivity index (χ1v) is 6.88. The molecular formula is C15H11NO3S. The van der Waals surface area contributed by atoms with Gasteiger partial charge in [-0.2, -0.15) is 0 Å². The van der Waals surface area contributed by atoms with Crippen molar-refractivity contribution in [2.24, 2.45) is 0 Å². The van der Waals surface area contributed by atoms with E-state index >= 15 is 0 Å². The first kappa shape index (κ1) is 12.6. The summed E-state index contributed by atoms with van der Waals surface area (Å²) in [6.45, 7) is -0.256.